The van der Waals surface area contributed by atoms with E-state index >= 15 is 0 Å². The summed E-state index contributed by atoms with van der Waals surface area (Å²) in [5, 5.41) is 7.47. The van der Waals surface area contributed by atoms with E-state index in [1.54, 1.807) is 10.9 Å². The predicted octanol–water partition coefficient (Wildman–Crippen LogP) is 1.73. The van der Waals surface area contributed by atoms with E-state index in [9.17, 15) is 4.79 Å². The molecule has 1 aromatic heterocycles. The Hall–Kier alpha value is -1.85. The molecule has 1 atom stereocenters. The highest BCUT2D eigenvalue weighted by Crippen LogP contribution is 2.13. The van der Waals surface area contributed by atoms with Gasteiger partial charge in [0.2, 0.25) is 0 Å². The van der Waals surface area contributed by atoms with Crippen LogP contribution < -0.4 is 5.32 Å². The van der Waals surface area contributed by atoms with Gasteiger partial charge in [-0.3, -0.25) is 4.79 Å². The number of nitrogens with one attached hydrogen (secondary N) is 1. The lowest BCUT2D eigenvalue weighted by Gasteiger charge is -2.34. The Labute approximate surface area is 130 Å². The Morgan fingerprint density at radius 3 is 2.71 bits per heavy atom. The molecule has 5 nitrogen and oxygen atoms in total. The first kappa shape index (κ1) is 15.5. The maximum absolute atomic E-state index is 12.5. The van der Waals surface area contributed by atoms with Gasteiger partial charge in [0, 0.05) is 43.6 Å². The molecule has 0 radical (unpaired) electrons. The standard InChI is InChI=1S/C15H18N4O.ClH/c1-12-11-16-8-10-18(12)15(20)13-3-5-14(6-4-13)19-9-2-7-17-19;/h2-7,9,12,16H,8,10-11H2,1H3;1H/t12-;/m0./s1. The molecule has 1 aliphatic heterocycles. The van der Waals surface area contributed by atoms with Gasteiger partial charge in [-0.05, 0) is 37.3 Å². The molecule has 0 unspecified atom stereocenters. The first-order valence-electron chi connectivity index (χ1n) is 6.87. The topological polar surface area (TPSA) is 50.2 Å². The quantitative estimate of drug-likeness (QED) is 0.919. The largest absolute Gasteiger partial charge is 0.333 e. The molecule has 1 N–H and O–H groups in total. The van der Waals surface area contributed by atoms with Crippen molar-refractivity contribution in [3.63, 3.8) is 0 Å². The molecule has 0 spiro atoms. The minimum absolute atomic E-state index is 0. The Morgan fingerprint density at radius 2 is 2.10 bits per heavy atom. The van der Waals surface area contributed by atoms with E-state index in [0.717, 1.165) is 30.9 Å². The van der Waals surface area contributed by atoms with Crippen molar-refractivity contribution < 1.29 is 4.79 Å². The van der Waals surface area contributed by atoms with Gasteiger partial charge < -0.3 is 10.2 Å². The van der Waals surface area contributed by atoms with Gasteiger partial charge in [0.25, 0.3) is 5.91 Å². The zero-order valence-corrected chi connectivity index (χ0v) is 12.7. The van der Waals surface area contributed by atoms with E-state index in [2.05, 4.69) is 17.3 Å². The molecule has 0 aliphatic carbocycles. The first-order valence-corrected chi connectivity index (χ1v) is 6.87. The van der Waals surface area contributed by atoms with Crippen LogP contribution in [0.5, 0.6) is 0 Å². The molecule has 1 aromatic carbocycles. The van der Waals surface area contributed by atoms with Crippen LogP contribution in [-0.4, -0.2) is 46.3 Å². The van der Waals surface area contributed by atoms with Crippen LogP contribution in [0.25, 0.3) is 5.69 Å². The highest BCUT2D eigenvalue weighted by Gasteiger charge is 2.23. The Kier molecular flexibility index (Phi) is 4.98. The van der Waals surface area contributed by atoms with Gasteiger partial charge in [-0.1, -0.05) is 0 Å². The Balaban J connectivity index is 0.00000161. The fourth-order valence-corrected chi connectivity index (χ4v) is 2.49. The van der Waals surface area contributed by atoms with Gasteiger partial charge in [-0.25, -0.2) is 4.68 Å². The van der Waals surface area contributed by atoms with E-state index < -0.39 is 0 Å². The van der Waals surface area contributed by atoms with Crippen LogP contribution >= 0.6 is 12.4 Å². The van der Waals surface area contributed by atoms with Crippen LogP contribution in [-0.2, 0) is 0 Å². The molecular formula is C15H19ClN4O. The van der Waals surface area contributed by atoms with E-state index in [4.69, 9.17) is 0 Å². The molecular weight excluding hydrogens is 288 g/mol. The number of hydrogen-bond donors (Lipinski definition) is 1. The van der Waals surface area contributed by atoms with Crippen molar-refractivity contribution in [1.29, 1.82) is 0 Å². The van der Waals surface area contributed by atoms with Crippen molar-refractivity contribution in [2.24, 2.45) is 0 Å². The average molecular weight is 307 g/mol. The third-order valence-electron chi connectivity index (χ3n) is 3.65. The van der Waals surface area contributed by atoms with E-state index in [1.807, 2.05) is 41.4 Å². The van der Waals surface area contributed by atoms with Crippen LogP contribution in [0.4, 0.5) is 0 Å². The summed E-state index contributed by atoms with van der Waals surface area (Å²) in [5.74, 6) is 0.103. The van der Waals surface area contributed by atoms with E-state index in [-0.39, 0.29) is 24.4 Å². The minimum Gasteiger partial charge on any atom is -0.333 e. The zero-order valence-electron chi connectivity index (χ0n) is 11.9. The number of amides is 1. The minimum atomic E-state index is 0. The summed E-state index contributed by atoms with van der Waals surface area (Å²) < 4.78 is 1.78. The van der Waals surface area contributed by atoms with Crippen molar-refractivity contribution in [3.8, 4) is 5.69 Å². The maximum atomic E-state index is 12.5. The second kappa shape index (κ2) is 6.74. The molecule has 0 saturated carbocycles. The van der Waals surface area contributed by atoms with E-state index in [0.29, 0.717) is 0 Å². The van der Waals surface area contributed by atoms with Gasteiger partial charge in [0.1, 0.15) is 0 Å². The van der Waals surface area contributed by atoms with Crippen molar-refractivity contribution in [2.75, 3.05) is 19.6 Å². The number of nitrogens with zero attached hydrogens (tertiary/aromatic N) is 3. The third kappa shape index (κ3) is 3.25. The summed E-state index contributed by atoms with van der Waals surface area (Å²) in [7, 11) is 0. The molecule has 1 saturated heterocycles. The fourth-order valence-electron chi connectivity index (χ4n) is 2.49. The highest BCUT2D eigenvalue weighted by atomic mass is 35.5. The molecule has 2 heterocycles. The number of hydrogen-bond acceptors (Lipinski definition) is 3. The second-order valence-corrected chi connectivity index (χ2v) is 5.05. The number of carbonyl (C=O) groups excluding carboxylic acids is 1. The molecule has 1 aliphatic rings. The summed E-state index contributed by atoms with van der Waals surface area (Å²) in [6.07, 6.45) is 3.62. The molecule has 6 heteroatoms. The summed E-state index contributed by atoms with van der Waals surface area (Å²) in [5.41, 5.74) is 1.69. The smallest absolute Gasteiger partial charge is 0.254 e. The molecule has 0 bridgehead atoms. The van der Waals surface area contributed by atoms with Gasteiger partial charge in [-0.15, -0.1) is 12.4 Å². The summed E-state index contributed by atoms with van der Waals surface area (Å²) in [6.45, 7) is 4.56. The van der Waals surface area contributed by atoms with E-state index in [1.165, 1.54) is 0 Å². The van der Waals surface area contributed by atoms with Crippen LogP contribution in [0, 0.1) is 0 Å². The van der Waals surface area contributed by atoms with Crippen LogP contribution in [0.2, 0.25) is 0 Å². The fraction of sp³-hybridized carbons (Fsp3) is 0.333. The molecule has 2 aromatic rings. The van der Waals surface area contributed by atoms with Crippen LogP contribution in [0.15, 0.2) is 42.7 Å². The second-order valence-electron chi connectivity index (χ2n) is 5.05. The highest BCUT2D eigenvalue weighted by molar-refractivity contribution is 5.94. The number of halogens is 1. The zero-order chi connectivity index (χ0) is 13.9. The summed E-state index contributed by atoms with van der Waals surface area (Å²) in [4.78, 5) is 14.4. The van der Waals surface area contributed by atoms with Crippen molar-refractivity contribution in [2.45, 2.75) is 13.0 Å². The lowest BCUT2D eigenvalue weighted by molar-refractivity contribution is 0.0656. The summed E-state index contributed by atoms with van der Waals surface area (Å²) >= 11 is 0. The van der Waals surface area contributed by atoms with Crippen molar-refractivity contribution in [1.82, 2.24) is 20.0 Å². The predicted molar refractivity (Wildman–Crippen MR) is 84.2 cm³/mol. The number of aromatic nitrogens is 2. The average Bonchev–Trinajstić information content (AvgIpc) is 3.01. The monoisotopic (exact) mass is 306 g/mol. The molecule has 112 valence electrons. The Bertz CT molecular complexity index is 582. The summed E-state index contributed by atoms with van der Waals surface area (Å²) in [6, 6.07) is 9.70. The lowest BCUT2D eigenvalue weighted by atomic mass is 10.1. The van der Waals surface area contributed by atoms with Gasteiger partial charge in [0.15, 0.2) is 0 Å². The lowest BCUT2D eigenvalue weighted by Crippen LogP contribution is -2.52. The van der Waals surface area contributed by atoms with Crippen LogP contribution in [0.3, 0.4) is 0 Å². The number of rotatable bonds is 2. The first-order chi connectivity index (χ1) is 9.75. The van der Waals surface area contributed by atoms with Crippen LogP contribution in [0.1, 0.15) is 17.3 Å². The van der Waals surface area contributed by atoms with Gasteiger partial charge in [-0.2, -0.15) is 5.10 Å². The normalized spacial score (nSPS) is 18.1. The number of piperazine rings is 1. The van der Waals surface area contributed by atoms with Gasteiger partial charge in [0.05, 0.1) is 5.69 Å². The number of benzene rings is 1. The van der Waals surface area contributed by atoms with Gasteiger partial charge >= 0.3 is 0 Å². The maximum Gasteiger partial charge on any atom is 0.254 e. The van der Waals surface area contributed by atoms with Crippen molar-refractivity contribution >= 4 is 18.3 Å². The molecule has 21 heavy (non-hydrogen) atoms. The van der Waals surface area contributed by atoms with Crippen molar-refractivity contribution in [3.05, 3.63) is 48.3 Å². The SMILES string of the molecule is C[C@H]1CNCCN1C(=O)c1ccc(-n2cccn2)cc1.Cl. The molecule has 1 amide bonds. The third-order valence-corrected chi connectivity index (χ3v) is 3.65. The Morgan fingerprint density at radius 1 is 1.33 bits per heavy atom. The molecule has 1 fully saturated rings. The molecule has 3 rings (SSSR count). The number of carbonyl (C=O) groups is 1.